The van der Waals surface area contributed by atoms with Crippen molar-refractivity contribution in [3.8, 4) is 0 Å². The summed E-state index contributed by atoms with van der Waals surface area (Å²) in [5.41, 5.74) is 3.01. The number of hydrogen-bond acceptors (Lipinski definition) is 5. The SMILES string of the molecule is C=C(C)Cn1c(SCC(=O)c2ccccc2)nc2sc3c(c2c1=O)CC[C@H](C(C)(C)C)C3. The molecule has 0 fully saturated rings. The molecule has 4 rings (SSSR count). The Labute approximate surface area is 197 Å². The van der Waals surface area contributed by atoms with E-state index in [9.17, 15) is 9.59 Å². The van der Waals surface area contributed by atoms with Crippen LogP contribution in [-0.4, -0.2) is 21.1 Å². The third kappa shape index (κ3) is 4.62. The summed E-state index contributed by atoms with van der Waals surface area (Å²) in [4.78, 5) is 33.3. The van der Waals surface area contributed by atoms with Crippen LogP contribution in [0.2, 0.25) is 0 Å². The fourth-order valence-electron chi connectivity index (χ4n) is 4.34. The number of thiophene rings is 1. The predicted molar refractivity (Wildman–Crippen MR) is 135 cm³/mol. The Hall–Kier alpha value is -2.18. The lowest BCUT2D eigenvalue weighted by molar-refractivity contribution is 0.102. The fraction of sp³-hybridized carbons (Fsp3) is 0.423. The van der Waals surface area contributed by atoms with E-state index in [4.69, 9.17) is 4.98 Å². The standard InChI is InChI=1S/C26H30N2O2S2/c1-16(2)14-28-24(30)22-19-12-11-18(26(3,4)5)13-21(19)32-23(22)27-25(28)31-15-20(29)17-9-7-6-8-10-17/h6-10,18H,1,11-15H2,2-5H3/t18-/m0/s1. The molecule has 2 aromatic heterocycles. The molecule has 0 radical (unpaired) electrons. The van der Waals surface area contributed by atoms with E-state index in [1.807, 2.05) is 37.3 Å². The van der Waals surface area contributed by atoms with Gasteiger partial charge in [-0.1, -0.05) is 75.0 Å². The molecule has 0 aliphatic heterocycles. The molecule has 0 spiro atoms. The summed E-state index contributed by atoms with van der Waals surface area (Å²) in [7, 11) is 0. The summed E-state index contributed by atoms with van der Waals surface area (Å²) in [6, 6.07) is 9.26. The van der Waals surface area contributed by atoms with Gasteiger partial charge in [-0.25, -0.2) is 4.98 Å². The molecule has 6 heteroatoms. The minimum Gasteiger partial charge on any atom is -0.293 e. The molecule has 1 atom stereocenters. The molecule has 0 saturated carbocycles. The Balaban J connectivity index is 1.72. The average Bonchev–Trinajstić information content (AvgIpc) is 3.11. The zero-order valence-electron chi connectivity index (χ0n) is 19.2. The zero-order valence-corrected chi connectivity index (χ0v) is 20.9. The van der Waals surface area contributed by atoms with Crippen LogP contribution in [0, 0.1) is 11.3 Å². The van der Waals surface area contributed by atoms with Crippen molar-refractivity contribution in [1.82, 2.24) is 9.55 Å². The predicted octanol–water partition coefficient (Wildman–Crippen LogP) is 6.16. The summed E-state index contributed by atoms with van der Waals surface area (Å²) >= 11 is 3.00. The lowest BCUT2D eigenvalue weighted by Gasteiger charge is -2.33. The Morgan fingerprint density at radius 3 is 2.66 bits per heavy atom. The van der Waals surface area contributed by atoms with E-state index < -0.39 is 0 Å². The smallest absolute Gasteiger partial charge is 0.263 e. The first-order valence-corrected chi connectivity index (χ1v) is 12.9. The van der Waals surface area contributed by atoms with Crippen LogP contribution in [0.3, 0.4) is 0 Å². The Morgan fingerprint density at radius 1 is 1.28 bits per heavy atom. The topological polar surface area (TPSA) is 52.0 Å². The van der Waals surface area contributed by atoms with Gasteiger partial charge < -0.3 is 0 Å². The van der Waals surface area contributed by atoms with E-state index in [0.717, 1.165) is 35.1 Å². The van der Waals surface area contributed by atoms with E-state index in [1.165, 1.54) is 22.2 Å². The van der Waals surface area contributed by atoms with Crippen molar-refractivity contribution in [2.24, 2.45) is 11.3 Å². The fourth-order valence-corrected chi connectivity index (χ4v) is 6.57. The molecule has 1 aliphatic rings. The first-order valence-electron chi connectivity index (χ1n) is 11.1. The van der Waals surface area contributed by atoms with Crippen LogP contribution < -0.4 is 5.56 Å². The molecule has 0 saturated heterocycles. The number of benzene rings is 1. The third-order valence-corrected chi connectivity index (χ3v) is 8.34. The van der Waals surface area contributed by atoms with E-state index in [-0.39, 0.29) is 22.5 Å². The van der Waals surface area contributed by atoms with Crippen molar-refractivity contribution in [2.75, 3.05) is 5.75 Å². The number of Topliss-reactive ketones (excluding diaryl/α,β-unsaturated/α-hetero) is 1. The number of allylic oxidation sites excluding steroid dienone is 1. The number of hydrogen-bond donors (Lipinski definition) is 0. The van der Waals surface area contributed by atoms with Crippen LogP contribution in [0.25, 0.3) is 10.2 Å². The third-order valence-electron chi connectivity index (χ3n) is 6.21. The molecule has 1 aliphatic carbocycles. The van der Waals surface area contributed by atoms with E-state index >= 15 is 0 Å². The van der Waals surface area contributed by atoms with Crippen molar-refractivity contribution in [1.29, 1.82) is 0 Å². The number of carbonyl (C=O) groups excluding carboxylic acids is 1. The maximum atomic E-state index is 13.6. The van der Waals surface area contributed by atoms with Crippen molar-refractivity contribution in [3.05, 3.63) is 68.8 Å². The summed E-state index contributed by atoms with van der Waals surface area (Å²) in [5, 5.41) is 1.37. The van der Waals surface area contributed by atoms with Crippen LogP contribution in [0.15, 0.2) is 52.4 Å². The molecule has 3 aromatic rings. The normalized spacial score (nSPS) is 16.2. The van der Waals surface area contributed by atoms with Crippen molar-refractivity contribution in [3.63, 3.8) is 0 Å². The first kappa shape index (κ1) is 23.0. The molecule has 168 valence electrons. The molecular formula is C26H30N2O2S2. The van der Waals surface area contributed by atoms with E-state index in [0.29, 0.717) is 23.2 Å². The number of aryl methyl sites for hydroxylation is 1. The molecule has 2 heterocycles. The maximum absolute atomic E-state index is 13.6. The van der Waals surface area contributed by atoms with Gasteiger partial charge in [0.2, 0.25) is 0 Å². The van der Waals surface area contributed by atoms with Gasteiger partial charge in [0.15, 0.2) is 10.9 Å². The highest BCUT2D eigenvalue weighted by Crippen LogP contribution is 2.42. The molecular weight excluding hydrogens is 436 g/mol. The van der Waals surface area contributed by atoms with Gasteiger partial charge in [-0.05, 0) is 43.1 Å². The van der Waals surface area contributed by atoms with Gasteiger partial charge in [0.05, 0.1) is 11.1 Å². The lowest BCUT2D eigenvalue weighted by atomic mass is 9.72. The van der Waals surface area contributed by atoms with E-state index in [2.05, 4.69) is 27.4 Å². The average molecular weight is 467 g/mol. The van der Waals surface area contributed by atoms with Crippen LogP contribution >= 0.6 is 23.1 Å². The van der Waals surface area contributed by atoms with Crippen molar-refractivity contribution >= 4 is 39.1 Å². The van der Waals surface area contributed by atoms with Gasteiger partial charge in [-0.2, -0.15) is 0 Å². The van der Waals surface area contributed by atoms with Crippen LogP contribution in [0.5, 0.6) is 0 Å². The number of ketones is 1. The largest absolute Gasteiger partial charge is 0.293 e. The molecule has 1 aromatic carbocycles. The molecule has 0 N–H and O–H groups in total. The quantitative estimate of drug-likeness (QED) is 0.189. The molecule has 0 bridgehead atoms. The lowest BCUT2D eigenvalue weighted by Crippen LogP contribution is -2.27. The summed E-state index contributed by atoms with van der Waals surface area (Å²) < 4.78 is 1.70. The van der Waals surface area contributed by atoms with Crippen molar-refractivity contribution in [2.45, 2.75) is 58.7 Å². The number of thioether (sulfide) groups is 1. The number of fused-ring (bicyclic) bond motifs is 3. The number of aromatic nitrogens is 2. The number of carbonyl (C=O) groups is 1. The summed E-state index contributed by atoms with van der Waals surface area (Å²) in [5.74, 6) is 0.887. The molecule has 4 nitrogen and oxygen atoms in total. The van der Waals surface area contributed by atoms with Gasteiger partial charge >= 0.3 is 0 Å². The van der Waals surface area contributed by atoms with Crippen molar-refractivity contribution < 1.29 is 4.79 Å². The van der Waals surface area contributed by atoms with Gasteiger partial charge in [0, 0.05) is 17.0 Å². The summed E-state index contributed by atoms with van der Waals surface area (Å²) in [6.07, 6.45) is 3.04. The molecule has 0 unspecified atom stereocenters. The summed E-state index contributed by atoms with van der Waals surface area (Å²) in [6.45, 7) is 13.2. The molecule has 0 amide bonds. The second kappa shape index (κ2) is 8.99. The minimum absolute atomic E-state index is 0.000584. The minimum atomic E-state index is -0.000584. The maximum Gasteiger partial charge on any atom is 0.263 e. The van der Waals surface area contributed by atoms with Gasteiger partial charge in [0.1, 0.15) is 4.83 Å². The second-order valence-electron chi connectivity index (χ2n) is 9.81. The zero-order chi connectivity index (χ0) is 23.0. The Morgan fingerprint density at radius 2 is 2.00 bits per heavy atom. The Bertz CT molecular complexity index is 1230. The molecule has 32 heavy (non-hydrogen) atoms. The number of rotatable bonds is 6. The monoisotopic (exact) mass is 466 g/mol. The highest BCUT2D eigenvalue weighted by Gasteiger charge is 2.32. The van der Waals surface area contributed by atoms with Crippen LogP contribution in [-0.2, 0) is 19.4 Å². The van der Waals surface area contributed by atoms with Gasteiger partial charge in [-0.15, -0.1) is 11.3 Å². The highest BCUT2D eigenvalue weighted by atomic mass is 32.2. The second-order valence-corrected chi connectivity index (χ2v) is 11.8. The first-order chi connectivity index (χ1) is 15.1. The van der Waals surface area contributed by atoms with Crippen LogP contribution in [0.4, 0.5) is 0 Å². The van der Waals surface area contributed by atoms with Gasteiger partial charge in [0.25, 0.3) is 5.56 Å². The van der Waals surface area contributed by atoms with Gasteiger partial charge in [-0.3, -0.25) is 14.2 Å². The number of nitrogens with zero attached hydrogens (tertiary/aromatic N) is 2. The Kier molecular flexibility index (Phi) is 6.46. The van der Waals surface area contributed by atoms with Crippen LogP contribution in [0.1, 0.15) is 54.9 Å². The van der Waals surface area contributed by atoms with E-state index in [1.54, 1.807) is 15.9 Å². The highest BCUT2D eigenvalue weighted by molar-refractivity contribution is 7.99.